The lowest BCUT2D eigenvalue weighted by Gasteiger charge is -2.33. The van der Waals surface area contributed by atoms with Gasteiger partial charge in [0.2, 0.25) is 0 Å². The standard InChI is InChI=1S/C24H26N6O/c1-17-4-5-18(12-22(17)31-3)21-14-27-24-15-25-20(16-30(21)24)19-6-7-23(26-13-19)29-10-8-28(2)9-11-29/h4-7,12-16H,8-11H2,1-3H3. The minimum absolute atomic E-state index is 0.806. The van der Waals surface area contributed by atoms with E-state index in [2.05, 4.69) is 55.5 Å². The first-order valence-electron chi connectivity index (χ1n) is 10.5. The van der Waals surface area contributed by atoms with E-state index in [0.717, 1.165) is 71.5 Å². The molecule has 1 aliphatic rings. The highest BCUT2D eigenvalue weighted by Crippen LogP contribution is 2.28. The van der Waals surface area contributed by atoms with E-state index in [1.807, 2.05) is 31.6 Å². The van der Waals surface area contributed by atoms with Crippen LogP contribution < -0.4 is 9.64 Å². The molecule has 4 aromatic rings. The molecule has 0 spiro atoms. The van der Waals surface area contributed by atoms with Crippen molar-refractivity contribution in [3.8, 4) is 28.3 Å². The quantitative estimate of drug-likeness (QED) is 0.509. The van der Waals surface area contributed by atoms with Gasteiger partial charge < -0.3 is 14.5 Å². The van der Waals surface area contributed by atoms with Gasteiger partial charge in [0.05, 0.1) is 30.9 Å². The molecule has 158 valence electrons. The number of piperazine rings is 1. The van der Waals surface area contributed by atoms with Crippen molar-refractivity contribution in [2.24, 2.45) is 0 Å². The normalized spacial score (nSPS) is 14.9. The van der Waals surface area contributed by atoms with Gasteiger partial charge in [0.15, 0.2) is 5.65 Å². The molecule has 1 saturated heterocycles. The molecule has 0 N–H and O–H groups in total. The average molecular weight is 415 g/mol. The van der Waals surface area contributed by atoms with Gasteiger partial charge in [-0.1, -0.05) is 12.1 Å². The second-order valence-corrected chi connectivity index (χ2v) is 8.02. The number of nitrogens with zero attached hydrogens (tertiary/aromatic N) is 6. The Bertz CT molecular complexity index is 1210. The lowest BCUT2D eigenvalue weighted by molar-refractivity contribution is 0.312. The summed E-state index contributed by atoms with van der Waals surface area (Å²) in [4.78, 5) is 18.5. The summed E-state index contributed by atoms with van der Waals surface area (Å²) >= 11 is 0. The number of hydrogen-bond acceptors (Lipinski definition) is 6. The molecule has 7 heteroatoms. The average Bonchev–Trinajstić information content (AvgIpc) is 3.23. The van der Waals surface area contributed by atoms with Crippen LogP contribution in [0.2, 0.25) is 0 Å². The van der Waals surface area contributed by atoms with Gasteiger partial charge in [-0.3, -0.25) is 9.38 Å². The van der Waals surface area contributed by atoms with Crippen LogP contribution in [-0.4, -0.2) is 64.6 Å². The van der Waals surface area contributed by atoms with Crippen LogP contribution in [0.25, 0.3) is 28.2 Å². The van der Waals surface area contributed by atoms with Crippen molar-refractivity contribution in [1.82, 2.24) is 24.3 Å². The van der Waals surface area contributed by atoms with Gasteiger partial charge in [-0.05, 0) is 37.7 Å². The second-order valence-electron chi connectivity index (χ2n) is 8.02. The zero-order chi connectivity index (χ0) is 21.4. The number of aryl methyl sites for hydroxylation is 1. The van der Waals surface area contributed by atoms with Crippen LogP contribution in [0.3, 0.4) is 0 Å². The fourth-order valence-corrected chi connectivity index (χ4v) is 3.99. The zero-order valence-corrected chi connectivity index (χ0v) is 18.1. The van der Waals surface area contributed by atoms with Crippen LogP contribution in [0.1, 0.15) is 5.56 Å². The van der Waals surface area contributed by atoms with Crippen LogP contribution in [0.15, 0.2) is 55.1 Å². The molecule has 31 heavy (non-hydrogen) atoms. The Kier molecular flexibility index (Phi) is 5.03. The number of methoxy groups -OCH3 is 1. The van der Waals surface area contributed by atoms with Gasteiger partial charge in [0.25, 0.3) is 0 Å². The van der Waals surface area contributed by atoms with E-state index in [1.165, 1.54) is 0 Å². The molecule has 1 fully saturated rings. The predicted octanol–water partition coefficient (Wildman–Crippen LogP) is 3.53. The summed E-state index contributed by atoms with van der Waals surface area (Å²) in [5, 5.41) is 0. The minimum Gasteiger partial charge on any atom is -0.496 e. The summed E-state index contributed by atoms with van der Waals surface area (Å²) in [7, 11) is 3.86. The van der Waals surface area contributed by atoms with E-state index in [-0.39, 0.29) is 0 Å². The van der Waals surface area contributed by atoms with Crippen molar-refractivity contribution in [1.29, 1.82) is 0 Å². The van der Waals surface area contributed by atoms with Crippen molar-refractivity contribution < 1.29 is 4.74 Å². The van der Waals surface area contributed by atoms with Crippen molar-refractivity contribution in [2.45, 2.75) is 6.92 Å². The van der Waals surface area contributed by atoms with Crippen LogP contribution in [0, 0.1) is 6.92 Å². The summed E-state index contributed by atoms with van der Waals surface area (Å²) in [6.07, 6.45) is 7.61. The number of imidazole rings is 1. The lowest BCUT2D eigenvalue weighted by atomic mass is 10.1. The topological polar surface area (TPSA) is 58.8 Å². The lowest BCUT2D eigenvalue weighted by Crippen LogP contribution is -2.44. The van der Waals surface area contributed by atoms with Crippen molar-refractivity contribution in [3.63, 3.8) is 0 Å². The highest BCUT2D eigenvalue weighted by atomic mass is 16.5. The van der Waals surface area contributed by atoms with Crippen molar-refractivity contribution in [2.75, 3.05) is 45.2 Å². The van der Waals surface area contributed by atoms with E-state index in [9.17, 15) is 0 Å². The summed E-state index contributed by atoms with van der Waals surface area (Å²) in [6.45, 7) is 6.18. The predicted molar refractivity (Wildman–Crippen MR) is 123 cm³/mol. The molecule has 4 heterocycles. The van der Waals surface area contributed by atoms with Gasteiger partial charge in [-0.25, -0.2) is 9.97 Å². The molecule has 0 atom stereocenters. The monoisotopic (exact) mass is 414 g/mol. The summed E-state index contributed by atoms with van der Waals surface area (Å²) in [6, 6.07) is 10.4. The Labute approximate surface area is 182 Å². The minimum atomic E-state index is 0.806. The molecule has 0 amide bonds. The van der Waals surface area contributed by atoms with Crippen LogP contribution >= 0.6 is 0 Å². The van der Waals surface area contributed by atoms with Gasteiger partial charge in [-0.2, -0.15) is 0 Å². The van der Waals surface area contributed by atoms with E-state index in [4.69, 9.17) is 9.72 Å². The number of ether oxygens (including phenoxy) is 1. The third kappa shape index (κ3) is 3.72. The van der Waals surface area contributed by atoms with Crippen molar-refractivity contribution in [3.05, 3.63) is 60.7 Å². The molecule has 7 nitrogen and oxygen atoms in total. The summed E-state index contributed by atoms with van der Waals surface area (Å²) in [5.74, 6) is 1.89. The van der Waals surface area contributed by atoms with Crippen LogP contribution in [0.4, 0.5) is 5.82 Å². The Balaban J connectivity index is 1.47. The number of rotatable bonds is 4. The fourth-order valence-electron chi connectivity index (χ4n) is 3.99. The van der Waals surface area contributed by atoms with E-state index < -0.39 is 0 Å². The van der Waals surface area contributed by atoms with Gasteiger partial charge in [-0.15, -0.1) is 0 Å². The number of fused-ring (bicyclic) bond motifs is 1. The Morgan fingerprint density at radius 2 is 1.68 bits per heavy atom. The number of likely N-dealkylation sites (N-methyl/N-ethyl adjacent to an activating group) is 1. The van der Waals surface area contributed by atoms with Gasteiger partial charge >= 0.3 is 0 Å². The molecule has 0 saturated carbocycles. The number of pyridine rings is 1. The summed E-state index contributed by atoms with van der Waals surface area (Å²) in [5.41, 5.74) is 5.81. The number of hydrogen-bond donors (Lipinski definition) is 0. The maximum Gasteiger partial charge on any atom is 0.155 e. The molecular formula is C24H26N6O. The zero-order valence-electron chi connectivity index (χ0n) is 18.1. The largest absolute Gasteiger partial charge is 0.496 e. The molecule has 1 aromatic carbocycles. The molecule has 5 rings (SSSR count). The third-order valence-corrected chi connectivity index (χ3v) is 5.97. The van der Waals surface area contributed by atoms with Crippen LogP contribution in [0.5, 0.6) is 5.75 Å². The van der Waals surface area contributed by atoms with Gasteiger partial charge in [0, 0.05) is 49.7 Å². The SMILES string of the molecule is COc1cc(-c2cnc3cnc(-c4ccc(N5CCN(C)CC5)nc4)cn23)ccc1C. The molecule has 0 unspecified atom stereocenters. The highest BCUT2D eigenvalue weighted by molar-refractivity contribution is 5.68. The molecule has 0 aliphatic carbocycles. The third-order valence-electron chi connectivity index (χ3n) is 5.97. The highest BCUT2D eigenvalue weighted by Gasteiger charge is 2.16. The maximum absolute atomic E-state index is 5.50. The Morgan fingerprint density at radius 3 is 2.42 bits per heavy atom. The van der Waals surface area contributed by atoms with Crippen LogP contribution in [-0.2, 0) is 0 Å². The Hall–Kier alpha value is -3.45. The molecule has 1 aliphatic heterocycles. The summed E-state index contributed by atoms with van der Waals surface area (Å²) < 4.78 is 7.57. The maximum atomic E-state index is 5.50. The van der Waals surface area contributed by atoms with E-state index in [0.29, 0.717) is 0 Å². The fraction of sp³-hybridized carbons (Fsp3) is 0.292. The second kappa shape index (κ2) is 8.00. The Morgan fingerprint density at radius 1 is 0.871 bits per heavy atom. The van der Waals surface area contributed by atoms with Gasteiger partial charge in [0.1, 0.15) is 11.6 Å². The molecule has 3 aromatic heterocycles. The molecular weight excluding hydrogens is 388 g/mol. The molecule has 0 radical (unpaired) electrons. The van der Waals surface area contributed by atoms with E-state index in [1.54, 1.807) is 13.3 Å². The number of benzene rings is 1. The molecule has 0 bridgehead atoms. The first kappa shape index (κ1) is 19.5. The first-order valence-corrected chi connectivity index (χ1v) is 10.5. The number of aromatic nitrogens is 4. The number of anilines is 1. The smallest absolute Gasteiger partial charge is 0.155 e. The van der Waals surface area contributed by atoms with E-state index >= 15 is 0 Å². The first-order chi connectivity index (χ1) is 15.1. The van der Waals surface area contributed by atoms with Crippen molar-refractivity contribution >= 4 is 11.5 Å².